The highest BCUT2D eigenvalue weighted by Crippen LogP contribution is 2.26. The zero-order valence-electron chi connectivity index (χ0n) is 16.8. The monoisotopic (exact) mass is 442 g/mol. The summed E-state index contributed by atoms with van der Waals surface area (Å²) in [6, 6.07) is 18.6. The highest BCUT2D eigenvalue weighted by molar-refractivity contribution is 7.92. The Kier molecular flexibility index (Phi) is 6.81. The van der Waals surface area contributed by atoms with Crippen LogP contribution >= 0.6 is 0 Å². The Morgan fingerprint density at radius 3 is 2.19 bits per heavy atom. The van der Waals surface area contributed by atoms with Crippen molar-refractivity contribution in [1.29, 1.82) is 0 Å². The van der Waals surface area contributed by atoms with Crippen molar-refractivity contribution in [3.63, 3.8) is 0 Å². The molecule has 31 heavy (non-hydrogen) atoms. The Bertz CT molecular complexity index is 1140. The molecule has 8 heteroatoms. The fourth-order valence-corrected chi connectivity index (χ4v) is 4.18. The first-order valence-corrected chi connectivity index (χ1v) is 11.1. The van der Waals surface area contributed by atoms with Crippen molar-refractivity contribution in [2.75, 3.05) is 6.61 Å². The molecule has 2 N–H and O–H groups in total. The number of aromatic hydroxyl groups is 1. The quantitative estimate of drug-likeness (QED) is 0.517. The fourth-order valence-electron chi connectivity index (χ4n) is 2.85. The van der Waals surface area contributed by atoms with Gasteiger partial charge in [0.05, 0.1) is 4.90 Å². The molecule has 0 saturated carbocycles. The molecule has 3 aromatic carbocycles. The average Bonchev–Trinajstić information content (AvgIpc) is 2.77. The van der Waals surface area contributed by atoms with Crippen LogP contribution in [0.15, 0.2) is 77.7 Å². The number of phenols is 1. The summed E-state index contributed by atoms with van der Waals surface area (Å²) in [5.74, 6) is -1.29. The summed E-state index contributed by atoms with van der Waals surface area (Å²) in [5, 5.41) is 18.8. The third-order valence-corrected chi connectivity index (χ3v) is 6.46. The predicted molar refractivity (Wildman–Crippen MR) is 114 cm³/mol. The molecule has 0 saturated heterocycles. The molecule has 0 aliphatic heterocycles. The molecule has 0 bridgehead atoms. The summed E-state index contributed by atoms with van der Waals surface area (Å²) in [6.45, 7) is 1.63. The van der Waals surface area contributed by atoms with Gasteiger partial charge in [-0.1, -0.05) is 37.3 Å². The summed E-state index contributed by atoms with van der Waals surface area (Å²) in [7, 11) is -3.92. The van der Waals surface area contributed by atoms with Gasteiger partial charge in [-0.2, -0.15) is 0 Å². The van der Waals surface area contributed by atoms with E-state index < -0.39 is 27.0 Å². The average molecular weight is 442 g/mol. The lowest BCUT2D eigenvalue weighted by Gasteiger charge is -2.20. The maximum atomic E-state index is 13.2. The van der Waals surface area contributed by atoms with E-state index in [1.807, 2.05) is 19.1 Å². The van der Waals surface area contributed by atoms with Gasteiger partial charge in [-0.3, -0.25) is 0 Å². The minimum Gasteiger partial charge on any atom is -0.507 e. The normalized spacial score (nSPS) is 12.2. The van der Waals surface area contributed by atoms with Crippen molar-refractivity contribution in [3.05, 3.63) is 83.9 Å². The van der Waals surface area contributed by atoms with Gasteiger partial charge in [0, 0.05) is 6.07 Å². The van der Waals surface area contributed by atoms with Crippen molar-refractivity contribution in [1.82, 2.24) is 0 Å². The second-order valence-electron chi connectivity index (χ2n) is 6.70. The summed E-state index contributed by atoms with van der Waals surface area (Å²) in [4.78, 5) is 11.1. The number of carboxylic acid groups (broad SMARTS) is 1. The molecule has 7 nitrogen and oxygen atoms in total. The first kappa shape index (κ1) is 22.2. The Labute approximate surface area is 180 Å². The molecular formula is C23H22O7S. The molecule has 0 aromatic heterocycles. The summed E-state index contributed by atoms with van der Waals surface area (Å²) < 4.78 is 37.6. The topological polar surface area (TPSA) is 110 Å². The van der Waals surface area contributed by atoms with E-state index in [1.54, 1.807) is 30.3 Å². The van der Waals surface area contributed by atoms with E-state index in [9.17, 15) is 18.3 Å². The van der Waals surface area contributed by atoms with Crippen LogP contribution in [0.5, 0.6) is 17.2 Å². The van der Waals surface area contributed by atoms with Crippen LogP contribution < -0.4 is 9.47 Å². The third-order valence-electron chi connectivity index (χ3n) is 4.60. The zero-order chi connectivity index (χ0) is 22.4. The molecule has 1 unspecified atom stereocenters. The van der Waals surface area contributed by atoms with Gasteiger partial charge < -0.3 is 19.7 Å². The molecule has 3 aromatic rings. The van der Waals surface area contributed by atoms with Gasteiger partial charge in [-0.25, -0.2) is 13.2 Å². The van der Waals surface area contributed by atoms with Crippen LogP contribution in [0.25, 0.3) is 0 Å². The van der Waals surface area contributed by atoms with E-state index in [0.29, 0.717) is 5.75 Å². The van der Waals surface area contributed by atoms with Crippen molar-refractivity contribution < 1.29 is 32.9 Å². The summed E-state index contributed by atoms with van der Waals surface area (Å²) >= 11 is 0. The predicted octanol–water partition coefficient (Wildman–Crippen LogP) is 3.91. The van der Waals surface area contributed by atoms with E-state index >= 15 is 0 Å². The number of aryl methyl sites for hydroxylation is 1. The second kappa shape index (κ2) is 9.53. The summed E-state index contributed by atoms with van der Waals surface area (Å²) in [5.41, 5.74) is -0.572. The van der Waals surface area contributed by atoms with Crippen molar-refractivity contribution in [2.24, 2.45) is 0 Å². The zero-order valence-corrected chi connectivity index (χ0v) is 17.6. The number of carboxylic acids is 1. The molecule has 0 radical (unpaired) electrons. The van der Waals surface area contributed by atoms with Gasteiger partial charge >= 0.3 is 5.97 Å². The molecule has 3 rings (SSSR count). The van der Waals surface area contributed by atoms with Crippen LogP contribution in [0.1, 0.15) is 22.8 Å². The van der Waals surface area contributed by atoms with E-state index in [1.165, 1.54) is 24.3 Å². The molecule has 1 atom stereocenters. The molecular weight excluding hydrogens is 420 g/mol. The maximum Gasteiger partial charge on any atom is 0.339 e. The molecule has 0 heterocycles. The fraction of sp³-hybridized carbons (Fsp3) is 0.174. The SMILES string of the molecule is CCc1ccc(OC(COc2ccc(C(=O)O)c(O)c2)S(=O)(=O)c2ccccc2)cc1. The number of carbonyl (C=O) groups is 1. The van der Waals surface area contributed by atoms with E-state index in [4.69, 9.17) is 14.6 Å². The highest BCUT2D eigenvalue weighted by Gasteiger charge is 2.30. The Balaban J connectivity index is 1.86. The number of aromatic carboxylic acids is 1. The molecule has 0 amide bonds. The Hall–Kier alpha value is -3.52. The van der Waals surface area contributed by atoms with E-state index in [0.717, 1.165) is 18.1 Å². The molecule has 0 spiro atoms. The minimum atomic E-state index is -3.92. The molecule has 162 valence electrons. The number of hydrogen-bond acceptors (Lipinski definition) is 6. The van der Waals surface area contributed by atoms with Crippen LogP contribution in [-0.2, 0) is 16.3 Å². The van der Waals surface area contributed by atoms with Crippen LogP contribution in [0.4, 0.5) is 0 Å². The summed E-state index contributed by atoms with van der Waals surface area (Å²) in [6.07, 6.45) is 0.838. The number of benzene rings is 3. The Morgan fingerprint density at radius 1 is 0.968 bits per heavy atom. The maximum absolute atomic E-state index is 13.2. The molecule has 0 aliphatic carbocycles. The van der Waals surface area contributed by atoms with Crippen LogP contribution in [0.2, 0.25) is 0 Å². The molecule has 0 fully saturated rings. The van der Waals surface area contributed by atoms with Gasteiger partial charge in [0.15, 0.2) is 0 Å². The van der Waals surface area contributed by atoms with Crippen LogP contribution in [-0.4, -0.2) is 36.6 Å². The van der Waals surface area contributed by atoms with Crippen molar-refractivity contribution in [2.45, 2.75) is 23.7 Å². The number of hydrogen-bond donors (Lipinski definition) is 2. The van der Waals surface area contributed by atoms with Gasteiger partial charge in [-0.15, -0.1) is 0 Å². The van der Waals surface area contributed by atoms with Crippen molar-refractivity contribution >= 4 is 15.8 Å². The lowest BCUT2D eigenvalue weighted by Crippen LogP contribution is -2.33. The van der Waals surface area contributed by atoms with Gasteiger partial charge in [0.25, 0.3) is 0 Å². The number of ether oxygens (including phenoxy) is 2. The van der Waals surface area contributed by atoms with Crippen molar-refractivity contribution in [3.8, 4) is 17.2 Å². The van der Waals surface area contributed by atoms with Gasteiger partial charge in [0.2, 0.25) is 15.3 Å². The first-order chi connectivity index (χ1) is 14.8. The van der Waals surface area contributed by atoms with E-state index in [-0.39, 0.29) is 22.8 Å². The largest absolute Gasteiger partial charge is 0.507 e. The molecule has 0 aliphatic rings. The smallest absolute Gasteiger partial charge is 0.339 e. The minimum absolute atomic E-state index is 0.0813. The lowest BCUT2D eigenvalue weighted by atomic mass is 10.2. The van der Waals surface area contributed by atoms with Crippen LogP contribution in [0.3, 0.4) is 0 Å². The van der Waals surface area contributed by atoms with Gasteiger partial charge in [0.1, 0.15) is 29.4 Å². The van der Waals surface area contributed by atoms with E-state index in [2.05, 4.69) is 0 Å². The second-order valence-corrected chi connectivity index (χ2v) is 8.79. The van der Waals surface area contributed by atoms with Gasteiger partial charge in [-0.05, 0) is 48.4 Å². The highest BCUT2D eigenvalue weighted by atomic mass is 32.2. The number of rotatable bonds is 9. The third kappa shape index (κ3) is 5.35. The lowest BCUT2D eigenvalue weighted by molar-refractivity contribution is 0.0693. The first-order valence-electron chi connectivity index (χ1n) is 9.55. The van der Waals surface area contributed by atoms with Crippen LogP contribution in [0, 0.1) is 0 Å². The number of sulfone groups is 1. The standard InChI is InChI=1S/C23H22O7S/c1-2-16-8-10-17(11-9-16)30-22(31(27,28)19-6-4-3-5-7-19)15-29-18-12-13-20(23(25)26)21(24)14-18/h3-14,22,24H,2,15H2,1H3,(H,25,26). The Morgan fingerprint density at radius 2 is 1.61 bits per heavy atom.